The highest BCUT2D eigenvalue weighted by Gasteiger charge is 2.18. The van der Waals surface area contributed by atoms with Crippen LogP contribution in [0.3, 0.4) is 0 Å². The van der Waals surface area contributed by atoms with Crippen LogP contribution < -0.4 is 4.90 Å². The Morgan fingerprint density at radius 3 is 2.87 bits per heavy atom. The van der Waals surface area contributed by atoms with Gasteiger partial charge >= 0.3 is 0 Å². The first-order valence-electron chi connectivity index (χ1n) is 5.03. The molecule has 2 rings (SSSR count). The molecule has 0 amide bonds. The fraction of sp³-hybridized carbons (Fsp3) is 0.600. The molecule has 0 aromatic carbocycles. The Morgan fingerprint density at radius 1 is 1.53 bits per heavy atom. The van der Waals surface area contributed by atoms with E-state index in [1.54, 1.807) is 0 Å². The molecular weight excluding hydrogens is 230 g/mol. The van der Waals surface area contributed by atoms with Crippen LogP contribution in [0.5, 0.6) is 0 Å². The largest absolute Gasteiger partial charge is 0.339 e. The van der Waals surface area contributed by atoms with Crippen molar-refractivity contribution in [3.63, 3.8) is 0 Å². The molecule has 1 aliphatic rings. The zero-order valence-corrected chi connectivity index (χ0v) is 10.3. The van der Waals surface area contributed by atoms with E-state index in [0.29, 0.717) is 11.1 Å². The third-order valence-electron chi connectivity index (χ3n) is 2.37. The smallest absolute Gasteiger partial charge is 0.225 e. The lowest BCUT2D eigenvalue weighted by atomic mass is 10.4. The molecule has 0 N–H and O–H groups in total. The van der Waals surface area contributed by atoms with Gasteiger partial charge < -0.3 is 4.90 Å². The fourth-order valence-electron chi connectivity index (χ4n) is 1.58. The van der Waals surface area contributed by atoms with Crippen LogP contribution in [-0.4, -0.2) is 34.1 Å². The summed E-state index contributed by atoms with van der Waals surface area (Å²) in [7, 11) is 0. The molecule has 1 atom stereocenters. The predicted molar refractivity (Wildman–Crippen MR) is 65.7 cm³/mol. The van der Waals surface area contributed by atoms with Crippen LogP contribution in [0.25, 0.3) is 0 Å². The van der Waals surface area contributed by atoms with Crippen molar-refractivity contribution in [1.29, 1.82) is 0 Å². The van der Waals surface area contributed by atoms with Crippen molar-refractivity contribution >= 4 is 29.3 Å². The Bertz CT molecular complexity index is 317. The molecule has 0 radical (unpaired) electrons. The van der Waals surface area contributed by atoms with Gasteiger partial charge in [-0.2, -0.15) is 11.8 Å². The molecule has 15 heavy (non-hydrogen) atoms. The van der Waals surface area contributed by atoms with Crippen molar-refractivity contribution in [1.82, 2.24) is 9.97 Å². The van der Waals surface area contributed by atoms with E-state index in [-0.39, 0.29) is 0 Å². The van der Waals surface area contributed by atoms with Gasteiger partial charge in [-0.25, -0.2) is 9.97 Å². The van der Waals surface area contributed by atoms with Gasteiger partial charge in [0.15, 0.2) is 0 Å². The molecule has 5 heteroatoms. The Labute approximate surface area is 99.2 Å². The van der Waals surface area contributed by atoms with Crippen molar-refractivity contribution in [3.8, 4) is 0 Å². The summed E-state index contributed by atoms with van der Waals surface area (Å²) in [5.74, 6) is 2.46. The van der Waals surface area contributed by atoms with E-state index in [0.717, 1.165) is 30.4 Å². The van der Waals surface area contributed by atoms with Gasteiger partial charge in [-0.3, -0.25) is 0 Å². The normalized spacial score (nSPS) is 21.7. The Balaban J connectivity index is 2.07. The van der Waals surface area contributed by atoms with Gasteiger partial charge in [-0.05, 0) is 0 Å². The molecule has 1 aliphatic heterocycles. The summed E-state index contributed by atoms with van der Waals surface area (Å²) in [6.07, 6.45) is 3.61. The average molecular weight is 244 g/mol. The number of anilines is 1. The van der Waals surface area contributed by atoms with Crippen LogP contribution >= 0.6 is 23.4 Å². The van der Waals surface area contributed by atoms with Crippen LogP contribution in [0.2, 0.25) is 0 Å². The number of halogens is 1. The molecule has 1 unspecified atom stereocenters. The van der Waals surface area contributed by atoms with Gasteiger partial charge in [0.05, 0.1) is 5.88 Å². The van der Waals surface area contributed by atoms with Crippen LogP contribution in [0.4, 0.5) is 5.95 Å². The summed E-state index contributed by atoms with van der Waals surface area (Å²) in [5.41, 5.74) is 0.972. The number of hydrogen-bond donors (Lipinski definition) is 0. The van der Waals surface area contributed by atoms with Crippen molar-refractivity contribution in [2.24, 2.45) is 0 Å². The first-order chi connectivity index (χ1) is 7.29. The number of nitrogens with zero attached hydrogens (tertiary/aromatic N) is 3. The van der Waals surface area contributed by atoms with E-state index in [2.05, 4.69) is 21.8 Å². The lowest BCUT2D eigenvalue weighted by molar-refractivity contribution is 0.753. The molecule has 3 nitrogen and oxygen atoms in total. The van der Waals surface area contributed by atoms with Crippen LogP contribution in [-0.2, 0) is 5.88 Å². The van der Waals surface area contributed by atoms with Gasteiger partial charge in [-0.1, -0.05) is 6.92 Å². The van der Waals surface area contributed by atoms with Gasteiger partial charge in [0.25, 0.3) is 0 Å². The summed E-state index contributed by atoms with van der Waals surface area (Å²) in [6, 6.07) is 0. The van der Waals surface area contributed by atoms with Gasteiger partial charge in [-0.15, -0.1) is 11.6 Å². The molecule has 0 saturated carbocycles. The SMILES string of the molecule is CC1CN(c2ncc(CCl)cn2)CCS1. The van der Waals surface area contributed by atoms with E-state index in [1.807, 2.05) is 24.2 Å². The Hall–Kier alpha value is -0.480. The third-order valence-corrected chi connectivity index (χ3v) is 3.81. The minimum absolute atomic E-state index is 0.479. The summed E-state index contributed by atoms with van der Waals surface area (Å²) in [5, 5.41) is 0.662. The zero-order valence-electron chi connectivity index (χ0n) is 8.69. The number of aromatic nitrogens is 2. The Morgan fingerprint density at radius 2 is 2.27 bits per heavy atom. The molecule has 1 aromatic rings. The zero-order chi connectivity index (χ0) is 10.7. The number of rotatable bonds is 2. The monoisotopic (exact) mass is 243 g/mol. The van der Waals surface area contributed by atoms with E-state index < -0.39 is 0 Å². The molecule has 0 spiro atoms. The van der Waals surface area contributed by atoms with E-state index >= 15 is 0 Å². The highest BCUT2D eigenvalue weighted by Crippen LogP contribution is 2.20. The minimum atomic E-state index is 0.479. The third kappa shape index (κ3) is 2.75. The molecule has 1 saturated heterocycles. The lowest BCUT2D eigenvalue weighted by Gasteiger charge is -2.30. The predicted octanol–water partition coefficient (Wildman–Crippen LogP) is 2.16. The van der Waals surface area contributed by atoms with Gasteiger partial charge in [0, 0.05) is 42.0 Å². The summed E-state index contributed by atoms with van der Waals surface area (Å²) in [6.45, 7) is 4.31. The maximum Gasteiger partial charge on any atom is 0.225 e. The second-order valence-corrected chi connectivity index (χ2v) is 5.47. The van der Waals surface area contributed by atoms with Crippen molar-refractivity contribution in [3.05, 3.63) is 18.0 Å². The van der Waals surface area contributed by atoms with E-state index in [4.69, 9.17) is 11.6 Å². The van der Waals surface area contributed by atoms with E-state index in [9.17, 15) is 0 Å². The highest BCUT2D eigenvalue weighted by atomic mass is 35.5. The average Bonchev–Trinajstić information content (AvgIpc) is 2.29. The van der Waals surface area contributed by atoms with Crippen LogP contribution in [0, 0.1) is 0 Å². The van der Waals surface area contributed by atoms with Crippen molar-refractivity contribution < 1.29 is 0 Å². The second-order valence-electron chi connectivity index (χ2n) is 3.65. The number of hydrogen-bond acceptors (Lipinski definition) is 4. The molecule has 1 aromatic heterocycles. The number of thioether (sulfide) groups is 1. The standard InChI is InChI=1S/C10H14ClN3S/c1-8-7-14(2-3-15-8)10-12-5-9(4-11)6-13-10/h5-6,8H,2-4,7H2,1H3. The van der Waals surface area contributed by atoms with Crippen LogP contribution in [0.1, 0.15) is 12.5 Å². The first-order valence-corrected chi connectivity index (χ1v) is 6.61. The molecule has 82 valence electrons. The second kappa shape index (κ2) is 5.03. The molecule has 0 bridgehead atoms. The number of alkyl halides is 1. The topological polar surface area (TPSA) is 29.0 Å². The quantitative estimate of drug-likeness (QED) is 0.745. The van der Waals surface area contributed by atoms with Gasteiger partial charge in [0.1, 0.15) is 0 Å². The molecular formula is C10H14ClN3S. The maximum atomic E-state index is 5.69. The Kier molecular flexibility index (Phi) is 3.70. The first kappa shape index (κ1) is 11.0. The minimum Gasteiger partial charge on any atom is -0.339 e. The fourth-order valence-corrected chi connectivity index (χ4v) is 2.73. The van der Waals surface area contributed by atoms with Crippen molar-refractivity contribution in [2.45, 2.75) is 18.1 Å². The maximum absolute atomic E-state index is 5.69. The summed E-state index contributed by atoms with van der Waals surface area (Å²) in [4.78, 5) is 10.9. The van der Waals surface area contributed by atoms with Crippen molar-refractivity contribution in [2.75, 3.05) is 23.7 Å². The summed E-state index contributed by atoms with van der Waals surface area (Å²) >= 11 is 7.70. The molecule has 0 aliphatic carbocycles. The lowest BCUT2D eigenvalue weighted by Crippen LogP contribution is -2.37. The molecule has 1 fully saturated rings. The molecule has 2 heterocycles. The van der Waals surface area contributed by atoms with E-state index in [1.165, 1.54) is 0 Å². The van der Waals surface area contributed by atoms with Gasteiger partial charge in [0.2, 0.25) is 5.95 Å². The summed E-state index contributed by atoms with van der Waals surface area (Å²) < 4.78 is 0. The highest BCUT2D eigenvalue weighted by molar-refractivity contribution is 8.00. The van der Waals surface area contributed by atoms with Crippen LogP contribution in [0.15, 0.2) is 12.4 Å².